The van der Waals surface area contributed by atoms with Crippen molar-refractivity contribution in [3.63, 3.8) is 0 Å². The Labute approximate surface area is 197 Å². The van der Waals surface area contributed by atoms with Crippen LogP contribution in [0.25, 0.3) is 10.9 Å². The molecule has 0 aliphatic heterocycles. The number of aromatic amines is 1. The maximum atomic E-state index is 14.7. The molecule has 0 bridgehead atoms. The average molecular weight is 485 g/mol. The van der Waals surface area contributed by atoms with Gasteiger partial charge in [-0.2, -0.15) is 0 Å². The molecule has 34 heavy (non-hydrogen) atoms. The summed E-state index contributed by atoms with van der Waals surface area (Å²) < 4.78 is 59.0. The van der Waals surface area contributed by atoms with Gasteiger partial charge in [-0.15, -0.1) is 0 Å². The summed E-state index contributed by atoms with van der Waals surface area (Å²) >= 11 is 0. The van der Waals surface area contributed by atoms with E-state index < -0.39 is 20.7 Å². The number of para-hydroxylation sites is 1. The van der Waals surface area contributed by atoms with Gasteiger partial charge in [0, 0.05) is 41.7 Å². The minimum absolute atomic E-state index is 0.00426. The van der Waals surface area contributed by atoms with Crippen LogP contribution in [-0.2, 0) is 10.0 Å². The largest absolute Gasteiger partial charge is 0.497 e. The molecule has 4 rings (SSSR count). The van der Waals surface area contributed by atoms with Gasteiger partial charge < -0.3 is 19.2 Å². The highest BCUT2D eigenvalue weighted by Crippen LogP contribution is 2.34. The van der Waals surface area contributed by atoms with Crippen molar-refractivity contribution >= 4 is 20.9 Å². The lowest BCUT2D eigenvalue weighted by molar-refractivity contribution is 0.350. The Hall–Kier alpha value is -3.56. The van der Waals surface area contributed by atoms with Crippen molar-refractivity contribution in [1.82, 2.24) is 9.71 Å². The maximum Gasteiger partial charge on any atom is 0.243 e. The summed E-state index contributed by atoms with van der Waals surface area (Å²) in [6.45, 7) is 0.00426. The summed E-state index contributed by atoms with van der Waals surface area (Å²) in [6, 6.07) is 17.3. The molecule has 0 aliphatic rings. The molecule has 178 valence electrons. The van der Waals surface area contributed by atoms with Crippen molar-refractivity contribution in [3.8, 4) is 17.2 Å². The van der Waals surface area contributed by atoms with Crippen LogP contribution in [0.2, 0.25) is 0 Å². The van der Waals surface area contributed by atoms with Gasteiger partial charge in [0.2, 0.25) is 10.0 Å². The van der Waals surface area contributed by atoms with Crippen molar-refractivity contribution in [2.45, 2.75) is 10.8 Å². The van der Waals surface area contributed by atoms with E-state index in [1.165, 1.54) is 14.2 Å². The Balaban J connectivity index is 1.71. The van der Waals surface area contributed by atoms with Gasteiger partial charge in [0.15, 0.2) is 11.5 Å². The topological polar surface area (TPSA) is 89.7 Å². The first-order valence-corrected chi connectivity index (χ1v) is 12.0. The monoisotopic (exact) mass is 484 g/mol. The van der Waals surface area contributed by atoms with Crippen LogP contribution < -0.4 is 18.9 Å². The van der Waals surface area contributed by atoms with E-state index in [0.717, 1.165) is 34.2 Å². The fourth-order valence-electron chi connectivity index (χ4n) is 3.94. The molecule has 1 atom stereocenters. The van der Waals surface area contributed by atoms with Crippen LogP contribution in [0.1, 0.15) is 17.0 Å². The normalized spacial score (nSPS) is 12.5. The Morgan fingerprint density at radius 1 is 0.941 bits per heavy atom. The van der Waals surface area contributed by atoms with Crippen molar-refractivity contribution in [2.24, 2.45) is 0 Å². The van der Waals surface area contributed by atoms with Crippen molar-refractivity contribution in [1.29, 1.82) is 0 Å². The molecule has 0 radical (unpaired) electrons. The van der Waals surface area contributed by atoms with Crippen LogP contribution in [-0.4, -0.2) is 41.3 Å². The van der Waals surface area contributed by atoms with Crippen LogP contribution in [0, 0.1) is 5.82 Å². The highest BCUT2D eigenvalue weighted by Gasteiger charge is 2.26. The molecular weight excluding hydrogens is 459 g/mol. The Kier molecular flexibility index (Phi) is 6.76. The molecule has 1 unspecified atom stereocenters. The lowest BCUT2D eigenvalue weighted by Gasteiger charge is -2.19. The molecule has 1 heterocycles. The molecule has 0 saturated carbocycles. The second-order valence-corrected chi connectivity index (χ2v) is 9.34. The SMILES string of the molecule is COc1ccc(C(CNS(=O)(=O)c2cc(OC)c(OC)cc2F)c2c[nH]c3ccccc23)cc1. The number of hydrogen-bond donors (Lipinski definition) is 2. The van der Waals surface area contributed by atoms with Gasteiger partial charge >= 0.3 is 0 Å². The Morgan fingerprint density at radius 2 is 1.62 bits per heavy atom. The summed E-state index contributed by atoms with van der Waals surface area (Å²) in [7, 11) is 0.0861. The summed E-state index contributed by atoms with van der Waals surface area (Å²) in [5.41, 5.74) is 2.72. The zero-order chi connectivity index (χ0) is 24.3. The van der Waals surface area contributed by atoms with Gasteiger partial charge in [0.1, 0.15) is 16.5 Å². The maximum absolute atomic E-state index is 14.7. The molecule has 4 aromatic rings. The fourth-order valence-corrected chi connectivity index (χ4v) is 5.06. The number of rotatable bonds is 9. The first kappa shape index (κ1) is 23.6. The van der Waals surface area contributed by atoms with E-state index in [4.69, 9.17) is 14.2 Å². The molecular formula is C25H25FN2O5S. The first-order chi connectivity index (χ1) is 16.4. The predicted octanol–water partition coefficient (Wildman–Crippen LogP) is 4.44. The molecule has 1 aromatic heterocycles. The molecule has 0 amide bonds. The number of methoxy groups -OCH3 is 3. The first-order valence-electron chi connectivity index (χ1n) is 10.5. The predicted molar refractivity (Wildman–Crippen MR) is 128 cm³/mol. The third-order valence-corrected chi connectivity index (χ3v) is 7.16. The molecule has 0 aliphatic carbocycles. The molecule has 9 heteroatoms. The van der Waals surface area contributed by atoms with E-state index in [1.54, 1.807) is 7.11 Å². The number of ether oxygens (including phenoxy) is 3. The second kappa shape index (κ2) is 9.74. The van der Waals surface area contributed by atoms with Crippen LogP contribution in [0.5, 0.6) is 17.2 Å². The van der Waals surface area contributed by atoms with Crippen molar-refractivity contribution in [2.75, 3.05) is 27.9 Å². The van der Waals surface area contributed by atoms with E-state index >= 15 is 0 Å². The van der Waals surface area contributed by atoms with Crippen LogP contribution >= 0.6 is 0 Å². The molecule has 0 spiro atoms. The summed E-state index contributed by atoms with van der Waals surface area (Å²) in [6.07, 6.45) is 1.87. The van der Waals surface area contributed by atoms with Crippen LogP contribution in [0.4, 0.5) is 4.39 Å². The van der Waals surface area contributed by atoms with Crippen molar-refractivity contribution in [3.05, 3.63) is 83.8 Å². The Bertz CT molecular complexity index is 1400. The third kappa shape index (κ3) is 4.57. The van der Waals surface area contributed by atoms with E-state index in [9.17, 15) is 12.8 Å². The average Bonchev–Trinajstić information content (AvgIpc) is 3.28. The van der Waals surface area contributed by atoms with E-state index in [1.807, 2.05) is 54.7 Å². The second-order valence-electron chi connectivity index (χ2n) is 7.60. The smallest absolute Gasteiger partial charge is 0.243 e. The number of benzene rings is 3. The number of H-pyrrole nitrogens is 1. The van der Waals surface area contributed by atoms with E-state index in [2.05, 4.69) is 9.71 Å². The molecule has 0 saturated heterocycles. The molecule has 3 aromatic carbocycles. The van der Waals surface area contributed by atoms with Gasteiger partial charge in [-0.25, -0.2) is 17.5 Å². The summed E-state index contributed by atoms with van der Waals surface area (Å²) in [4.78, 5) is 2.72. The number of halogens is 1. The quantitative estimate of drug-likeness (QED) is 0.367. The van der Waals surface area contributed by atoms with Gasteiger partial charge in [-0.3, -0.25) is 0 Å². The van der Waals surface area contributed by atoms with Crippen LogP contribution in [0.15, 0.2) is 71.8 Å². The lowest BCUT2D eigenvalue weighted by Crippen LogP contribution is -2.29. The van der Waals surface area contributed by atoms with Gasteiger partial charge in [0.05, 0.1) is 21.3 Å². The molecule has 7 nitrogen and oxygen atoms in total. The zero-order valence-electron chi connectivity index (χ0n) is 19.0. The fraction of sp³-hybridized carbons (Fsp3) is 0.200. The number of nitrogens with one attached hydrogen (secondary N) is 2. The highest BCUT2D eigenvalue weighted by atomic mass is 32.2. The highest BCUT2D eigenvalue weighted by molar-refractivity contribution is 7.89. The van der Waals surface area contributed by atoms with E-state index in [-0.39, 0.29) is 24.0 Å². The number of fused-ring (bicyclic) bond motifs is 1. The standard InChI is InChI=1S/C25H25FN2O5S/c1-31-17-10-8-16(9-11-17)19(20-14-27-22-7-5-4-6-18(20)22)15-28-34(29,30)25-13-24(33-3)23(32-2)12-21(25)26/h4-14,19,27-28H,15H2,1-3H3. The lowest BCUT2D eigenvalue weighted by atomic mass is 9.91. The van der Waals surface area contributed by atoms with Crippen LogP contribution in [0.3, 0.4) is 0 Å². The molecule has 2 N–H and O–H groups in total. The van der Waals surface area contributed by atoms with Gasteiger partial charge in [-0.05, 0) is 29.3 Å². The third-order valence-electron chi connectivity index (χ3n) is 5.72. The van der Waals surface area contributed by atoms with Gasteiger partial charge in [-0.1, -0.05) is 30.3 Å². The minimum Gasteiger partial charge on any atom is -0.497 e. The Morgan fingerprint density at radius 3 is 2.29 bits per heavy atom. The van der Waals surface area contributed by atoms with Gasteiger partial charge in [0.25, 0.3) is 0 Å². The summed E-state index contributed by atoms with van der Waals surface area (Å²) in [5.74, 6) is -0.367. The zero-order valence-corrected chi connectivity index (χ0v) is 19.8. The number of aromatic nitrogens is 1. The van der Waals surface area contributed by atoms with Crippen molar-refractivity contribution < 1.29 is 27.0 Å². The molecule has 0 fully saturated rings. The minimum atomic E-state index is -4.20. The number of sulfonamides is 1. The number of hydrogen-bond acceptors (Lipinski definition) is 5. The summed E-state index contributed by atoms with van der Waals surface area (Å²) in [5, 5.41) is 0.972. The van der Waals surface area contributed by atoms with E-state index in [0.29, 0.717) is 5.75 Å².